The van der Waals surface area contributed by atoms with Crippen LogP contribution in [0.1, 0.15) is 13.8 Å². The average molecular weight is 454 g/mol. The van der Waals surface area contributed by atoms with E-state index >= 15 is 0 Å². The Labute approximate surface area is 188 Å². The maximum absolute atomic E-state index is 12.8. The predicted molar refractivity (Wildman–Crippen MR) is 127 cm³/mol. The SMILES string of the molecule is COc1ccc(Nc2ccc(NC(=O)[C@@H](NS(=O)(=O)c3ccccc3)C(C)C)cc2)cc1. The second-order valence-electron chi connectivity index (χ2n) is 7.58. The summed E-state index contributed by atoms with van der Waals surface area (Å²) in [4.78, 5) is 13.0. The number of benzene rings is 3. The molecular weight excluding hydrogens is 426 g/mol. The fourth-order valence-electron chi connectivity index (χ4n) is 3.03. The number of ether oxygens (including phenoxy) is 1. The first kappa shape index (κ1) is 23.3. The highest BCUT2D eigenvalue weighted by Crippen LogP contribution is 2.22. The van der Waals surface area contributed by atoms with Gasteiger partial charge in [0.25, 0.3) is 0 Å². The smallest absolute Gasteiger partial charge is 0.242 e. The molecule has 0 bridgehead atoms. The van der Waals surface area contributed by atoms with E-state index in [0.717, 1.165) is 17.1 Å². The van der Waals surface area contributed by atoms with Crippen LogP contribution in [-0.2, 0) is 14.8 Å². The van der Waals surface area contributed by atoms with E-state index in [0.29, 0.717) is 5.69 Å². The monoisotopic (exact) mass is 453 g/mol. The Bertz CT molecular complexity index is 1130. The first-order valence-electron chi connectivity index (χ1n) is 10.2. The summed E-state index contributed by atoms with van der Waals surface area (Å²) < 4.78 is 33.0. The number of methoxy groups -OCH3 is 1. The largest absolute Gasteiger partial charge is 0.497 e. The van der Waals surface area contributed by atoms with Crippen LogP contribution in [0.15, 0.2) is 83.8 Å². The number of hydrogen-bond acceptors (Lipinski definition) is 5. The zero-order valence-corrected chi connectivity index (χ0v) is 19.0. The van der Waals surface area contributed by atoms with Gasteiger partial charge in [0, 0.05) is 17.1 Å². The quantitative estimate of drug-likeness (QED) is 0.447. The minimum absolute atomic E-state index is 0.118. The zero-order chi connectivity index (χ0) is 23.1. The number of rotatable bonds is 9. The Morgan fingerprint density at radius 1 is 0.812 bits per heavy atom. The van der Waals surface area contributed by atoms with Gasteiger partial charge in [0.1, 0.15) is 11.8 Å². The molecule has 1 atom stereocenters. The van der Waals surface area contributed by atoms with Crippen LogP contribution in [0.2, 0.25) is 0 Å². The predicted octanol–water partition coefficient (Wildman–Crippen LogP) is 4.38. The standard InChI is InChI=1S/C24H27N3O4S/c1-17(2)23(27-32(29,30)22-7-5-4-6-8-22)24(28)26-20-11-9-18(10-12-20)25-19-13-15-21(31-3)16-14-19/h4-17,23,25,27H,1-3H3,(H,26,28)/t23-/m0/s1. The molecule has 1 amide bonds. The van der Waals surface area contributed by atoms with Gasteiger partial charge >= 0.3 is 0 Å². The molecule has 0 aliphatic rings. The van der Waals surface area contributed by atoms with Gasteiger partial charge in [0.15, 0.2) is 0 Å². The highest BCUT2D eigenvalue weighted by molar-refractivity contribution is 7.89. The van der Waals surface area contributed by atoms with E-state index in [1.807, 2.05) is 36.4 Å². The van der Waals surface area contributed by atoms with Crippen LogP contribution in [0, 0.1) is 5.92 Å². The third kappa shape index (κ3) is 6.09. The second kappa shape index (κ2) is 10.3. The molecule has 0 saturated heterocycles. The summed E-state index contributed by atoms with van der Waals surface area (Å²) in [6.07, 6.45) is 0. The fourth-order valence-corrected chi connectivity index (χ4v) is 4.39. The lowest BCUT2D eigenvalue weighted by atomic mass is 10.0. The van der Waals surface area contributed by atoms with Crippen molar-refractivity contribution in [2.75, 3.05) is 17.7 Å². The van der Waals surface area contributed by atoms with Gasteiger partial charge in [-0.3, -0.25) is 4.79 Å². The Morgan fingerprint density at radius 2 is 1.34 bits per heavy atom. The van der Waals surface area contributed by atoms with Crippen molar-refractivity contribution in [1.82, 2.24) is 4.72 Å². The van der Waals surface area contributed by atoms with E-state index in [4.69, 9.17) is 4.74 Å². The third-order valence-corrected chi connectivity index (χ3v) is 6.27. The summed E-state index contributed by atoms with van der Waals surface area (Å²) in [6.45, 7) is 3.58. The van der Waals surface area contributed by atoms with Crippen LogP contribution in [0.5, 0.6) is 5.75 Å². The van der Waals surface area contributed by atoms with Crippen LogP contribution >= 0.6 is 0 Å². The maximum atomic E-state index is 12.8. The molecule has 3 N–H and O–H groups in total. The van der Waals surface area contributed by atoms with E-state index in [-0.39, 0.29) is 10.8 Å². The van der Waals surface area contributed by atoms with Crippen molar-refractivity contribution < 1.29 is 17.9 Å². The number of amides is 1. The molecule has 8 heteroatoms. The van der Waals surface area contributed by atoms with E-state index < -0.39 is 22.0 Å². The molecule has 0 aromatic heterocycles. The average Bonchev–Trinajstić information content (AvgIpc) is 2.79. The molecule has 0 heterocycles. The lowest BCUT2D eigenvalue weighted by molar-refractivity contribution is -0.118. The van der Waals surface area contributed by atoms with E-state index in [1.54, 1.807) is 51.3 Å². The molecule has 168 valence electrons. The fraction of sp³-hybridized carbons (Fsp3) is 0.208. The van der Waals surface area contributed by atoms with Crippen molar-refractivity contribution in [2.45, 2.75) is 24.8 Å². The Kier molecular flexibility index (Phi) is 7.50. The van der Waals surface area contributed by atoms with Gasteiger partial charge in [0.05, 0.1) is 12.0 Å². The molecule has 0 fully saturated rings. The van der Waals surface area contributed by atoms with Crippen LogP contribution in [-0.4, -0.2) is 27.5 Å². The molecule has 3 aromatic rings. The molecule has 0 spiro atoms. The van der Waals surface area contributed by atoms with Crippen LogP contribution in [0.4, 0.5) is 17.1 Å². The van der Waals surface area contributed by atoms with Crippen molar-refractivity contribution in [3.8, 4) is 5.75 Å². The molecule has 0 saturated carbocycles. The first-order chi connectivity index (χ1) is 15.3. The summed E-state index contributed by atoms with van der Waals surface area (Å²) in [5.74, 6) is 0.107. The van der Waals surface area contributed by atoms with Gasteiger partial charge in [-0.15, -0.1) is 0 Å². The number of carbonyl (C=O) groups is 1. The van der Waals surface area contributed by atoms with Gasteiger partial charge in [-0.05, 0) is 66.6 Å². The molecule has 3 aromatic carbocycles. The third-order valence-electron chi connectivity index (χ3n) is 4.82. The van der Waals surface area contributed by atoms with Crippen molar-refractivity contribution in [2.24, 2.45) is 5.92 Å². The van der Waals surface area contributed by atoms with Crippen LogP contribution < -0.4 is 20.1 Å². The Balaban J connectivity index is 1.66. The van der Waals surface area contributed by atoms with E-state index in [2.05, 4.69) is 15.4 Å². The van der Waals surface area contributed by atoms with Gasteiger partial charge in [-0.2, -0.15) is 4.72 Å². The lowest BCUT2D eigenvalue weighted by Gasteiger charge is -2.21. The number of hydrogen-bond donors (Lipinski definition) is 3. The minimum atomic E-state index is -3.82. The van der Waals surface area contributed by atoms with Crippen molar-refractivity contribution in [3.63, 3.8) is 0 Å². The molecule has 3 rings (SSSR count). The summed E-state index contributed by atoms with van der Waals surface area (Å²) in [7, 11) is -2.20. The highest BCUT2D eigenvalue weighted by Gasteiger charge is 2.28. The topological polar surface area (TPSA) is 96.5 Å². The summed E-state index contributed by atoms with van der Waals surface area (Å²) in [6, 6.07) is 21.8. The van der Waals surface area contributed by atoms with Gasteiger partial charge in [-0.25, -0.2) is 8.42 Å². The molecule has 7 nitrogen and oxygen atoms in total. The van der Waals surface area contributed by atoms with Gasteiger partial charge in [-0.1, -0.05) is 32.0 Å². The van der Waals surface area contributed by atoms with Gasteiger partial charge in [0.2, 0.25) is 15.9 Å². The number of sulfonamides is 1. The summed E-state index contributed by atoms with van der Waals surface area (Å²) >= 11 is 0. The number of anilines is 3. The Hall–Kier alpha value is -3.36. The number of nitrogens with one attached hydrogen (secondary N) is 3. The summed E-state index contributed by atoms with van der Waals surface area (Å²) in [5, 5.41) is 6.06. The van der Waals surface area contributed by atoms with Crippen molar-refractivity contribution >= 4 is 33.0 Å². The lowest BCUT2D eigenvalue weighted by Crippen LogP contribution is -2.47. The first-order valence-corrected chi connectivity index (χ1v) is 11.7. The molecule has 0 radical (unpaired) electrons. The van der Waals surface area contributed by atoms with E-state index in [1.165, 1.54) is 12.1 Å². The van der Waals surface area contributed by atoms with Gasteiger partial charge < -0.3 is 15.4 Å². The number of carbonyl (C=O) groups excluding carboxylic acids is 1. The summed E-state index contributed by atoms with van der Waals surface area (Å²) in [5.41, 5.74) is 2.32. The Morgan fingerprint density at radius 3 is 1.88 bits per heavy atom. The molecule has 0 aliphatic heterocycles. The molecule has 0 aliphatic carbocycles. The zero-order valence-electron chi connectivity index (χ0n) is 18.2. The van der Waals surface area contributed by atoms with Crippen LogP contribution in [0.3, 0.4) is 0 Å². The molecule has 32 heavy (non-hydrogen) atoms. The highest BCUT2D eigenvalue weighted by atomic mass is 32.2. The normalized spacial score (nSPS) is 12.2. The minimum Gasteiger partial charge on any atom is -0.497 e. The van der Waals surface area contributed by atoms with Crippen LogP contribution in [0.25, 0.3) is 0 Å². The molecular formula is C24H27N3O4S. The molecule has 0 unspecified atom stereocenters. The second-order valence-corrected chi connectivity index (χ2v) is 9.29. The maximum Gasteiger partial charge on any atom is 0.242 e. The van der Waals surface area contributed by atoms with Crippen molar-refractivity contribution in [1.29, 1.82) is 0 Å². The van der Waals surface area contributed by atoms with E-state index in [9.17, 15) is 13.2 Å². The van der Waals surface area contributed by atoms with Crippen molar-refractivity contribution in [3.05, 3.63) is 78.9 Å².